The van der Waals surface area contributed by atoms with Gasteiger partial charge in [0.05, 0.1) is 0 Å². The van der Waals surface area contributed by atoms with Crippen LogP contribution in [0.1, 0.15) is 18.9 Å². The summed E-state index contributed by atoms with van der Waals surface area (Å²) in [5.41, 5.74) is 7.91. The van der Waals surface area contributed by atoms with Crippen molar-refractivity contribution in [2.45, 2.75) is 24.8 Å². The van der Waals surface area contributed by atoms with Crippen LogP contribution in [0.4, 0.5) is 5.69 Å². The van der Waals surface area contributed by atoms with E-state index in [9.17, 15) is 0 Å². The van der Waals surface area contributed by atoms with Crippen LogP contribution >= 0.6 is 11.8 Å². The third-order valence-electron chi connectivity index (χ3n) is 3.35. The molecule has 2 aromatic carbocycles. The Morgan fingerprint density at radius 2 is 1.67 bits per heavy atom. The lowest BCUT2D eigenvalue weighted by atomic mass is 10.2. The second-order valence-corrected chi connectivity index (χ2v) is 6.35. The van der Waals surface area contributed by atoms with Crippen molar-refractivity contribution in [1.29, 1.82) is 0 Å². The maximum Gasteiger partial charge on any atom is 0.0314 e. The van der Waals surface area contributed by atoms with E-state index in [0.717, 1.165) is 31.1 Å². The highest BCUT2D eigenvalue weighted by Crippen LogP contribution is 2.17. The molecular formula is C18H24N2S. The number of nitrogens with zero attached hydrogens (tertiary/aromatic N) is 1. The Kier molecular flexibility index (Phi) is 6.64. The first-order valence-electron chi connectivity index (χ1n) is 7.52. The third-order valence-corrected chi connectivity index (χ3v) is 4.34. The largest absolute Gasteiger partial charge is 0.399 e. The first kappa shape index (κ1) is 15.9. The molecule has 2 N–H and O–H groups in total. The van der Waals surface area contributed by atoms with Crippen molar-refractivity contribution in [3.63, 3.8) is 0 Å². The van der Waals surface area contributed by atoms with E-state index in [0.29, 0.717) is 0 Å². The van der Waals surface area contributed by atoms with Crippen LogP contribution in [0.3, 0.4) is 0 Å². The van der Waals surface area contributed by atoms with Crippen LogP contribution in [0, 0.1) is 0 Å². The van der Waals surface area contributed by atoms with Crippen molar-refractivity contribution in [2.75, 3.05) is 24.6 Å². The lowest BCUT2D eigenvalue weighted by molar-refractivity contribution is 0.283. The SMILES string of the molecule is CCCN(CCSc1ccccc1)Cc1ccc(N)cc1. The minimum absolute atomic E-state index is 0.834. The maximum absolute atomic E-state index is 5.74. The fraction of sp³-hybridized carbons (Fsp3) is 0.333. The van der Waals surface area contributed by atoms with Gasteiger partial charge in [0.1, 0.15) is 0 Å². The number of rotatable bonds is 8. The molecule has 21 heavy (non-hydrogen) atoms. The number of nitrogen functional groups attached to an aromatic ring is 1. The fourth-order valence-electron chi connectivity index (χ4n) is 2.28. The average Bonchev–Trinajstić information content (AvgIpc) is 2.51. The van der Waals surface area contributed by atoms with Crippen LogP contribution in [0.2, 0.25) is 0 Å². The molecule has 112 valence electrons. The molecule has 0 aliphatic heterocycles. The van der Waals surface area contributed by atoms with Crippen molar-refractivity contribution < 1.29 is 0 Å². The van der Waals surface area contributed by atoms with Gasteiger partial charge in [0, 0.05) is 29.4 Å². The number of benzene rings is 2. The second-order valence-electron chi connectivity index (χ2n) is 5.18. The summed E-state index contributed by atoms with van der Waals surface area (Å²) in [5, 5.41) is 0. The molecule has 2 nitrogen and oxygen atoms in total. The van der Waals surface area contributed by atoms with Gasteiger partial charge in [-0.1, -0.05) is 37.3 Å². The Bertz CT molecular complexity index is 511. The highest BCUT2D eigenvalue weighted by atomic mass is 32.2. The monoisotopic (exact) mass is 300 g/mol. The van der Waals surface area contributed by atoms with Crippen LogP contribution in [-0.4, -0.2) is 23.7 Å². The number of hydrogen-bond acceptors (Lipinski definition) is 3. The zero-order valence-electron chi connectivity index (χ0n) is 12.7. The molecule has 0 atom stereocenters. The molecule has 0 unspecified atom stereocenters. The lowest BCUT2D eigenvalue weighted by Crippen LogP contribution is -2.26. The number of anilines is 1. The van der Waals surface area contributed by atoms with Gasteiger partial charge in [0.15, 0.2) is 0 Å². The molecule has 0 saturated carbocycles. The standard InChI is InChI=1S/C18H24N2S/c1-2-12-20(15-16-8-10-17(19)11-9-16)13-14-21-18-6-4-3-5-7-18/h3-11H,2,12-15,19H2,1H3. The predicted octanol–water partition coefficient (Wildman–Crippen LogP) is 4.27. The summed E-state index contributed by atoms with van der Waals surface area (Å²) in [5.74, 6) is 1.12. The minimum Gasteiger partial charge on any atom is -0.399 e. The molecule has 0 saturated heterocycles. The molecule has 0 spiro atoms. The van der Waals surface area contributed by atoms with Crippen molar-refractivity contribution in [1.82, 2.24) is 4.90 Å². The van der Waals surface area contributed by atoms with Gasteiger partial charge in [-0.3, -0.25) is 4.90 Å². The van der Waals surface area contributed by atoms with E-state index in [1.807, 2.05) is 23.9 Å². The molecule has 0 aliphatic carbocycles. The Hall–Kier alpha value is -1.45. The van der Waals surface area contributed by atoms with Gasteiger partial charge in [-0.05, 0) is 42.8 Å². The van der Waals surface area contributed by atoms with Crippen LogP contribution in [0.5, 0.6) is 0 Å². The smallest absolute Gasteiger partial charge is 0.0314 e. The summed E-state index contributed by atoms with van der Waals surface area (Å²) in [7, 11) is 0. The van der Waals surface area contributed by atoms with Crippen LogP contribution in [0.15, 0.2) is 59.5 Å². The van der Waals surface area contributed by atoms with Gasteiger partial charge < -0.3 is 5.73 Å². The molecular weight excluding hydrogens is 276 g/mol. The van der Waals surface area contributed by atoms with E-state index >= 15 is 0 Å². The van der Waals surface area contributed by atoms with Crippen LogP contribution in [0.25, 0.3) is 0 Å². The van der Waals surface area contributed by atoms with E-state index in [1.54, 1.807) is 0 Å². The summed E-state index contributed by atoms with van der Waals surface area (Å²) in [6.07, 6.45) is 1.19. The molecule has 0 aromatic heterocycles. The van der Waals surface area contributed by atoms with Crippen molar-refractivity contribution in [3.8, 4) is 0 Å². The van der Waals surface area contributed by atoms with Gasteiger partial charge in [0.25, 0.3) is 0 Å². The van der Waals surface area contributed by atoms with Crippen molar-refractivity contribution in [2.24, 2.45) is 0 Å². The van der Waals surface area contributed by atoms with E-state index < -0.39 is 0 Å². The molecule has 0 aliphatic rings. The zero-order valence-corrected chi connectivity index (χ0v) is 13.5. The summed E-state index contributed by atoms with van der Waals surface area (Å²) in [4.78, 5) is 3.86. The number of hydrogen-bond donors (Lipinski definition) is 1. The van der Waals surface area contributed by atoms with E-state index in [4.69, 9.17) is 5.73 Å². The van der Waals surface area contributed by atoms with E-state index in [1.165, 1.54) is 16.9 Å². The summed E-state index contributed by atoms with van der Waals surface area (Å²) in [6, 6.07) is 18.8. The summed E-state index contributed by atoms with van der Waals surface area (Å²) < 4.78 is 0. The van der Waals surface area contributed by atoms with Gasteiger partial charge in [-0.15, -0.1) is 11.8 Å². The van der Waals surface area contributed by atoms with Crippen LogP contribution in [-0.2, 0) is 6.54 Å². The third kappa shape index (κ3) is 5.82. The maximum atomic E-state index is 5.74. The molecule has 0 amide bonds. The Morgan fingerprint density at radius 3 is 2.33 bits per heavy atom. The fourth-order valence-corrected chi connectivity index (χ4v) is 3.21. The molecule has 0 radical (unpaired) electrons. The van der Waals surface area contributed by atoms with Crippen LogP contribution < -0.4 is 5.73 Å². The Labute approximate surface area is 132 Å². The van der Waals surface area contributed by atoms with Gasteiger partial charge in [-0.2, -0.15) is 0 Å². The van der Waals surface area contributed by atoms with Gasteiger partial charge in [-0.25, -0.2) is 0 Å². The van der Waals surface area contributed by atoms with Gasteiger partial charge >= 0.3 is 0 Å². The quantitative estimate of drug-likeness (QED) is 0.583. The predicted molar refractivity (Wildman–Crippen MR) is 93.6 cm³/mol. The first-order chi connectivity index (χ1) is 10.3. The molecule has 0 bridgehead atoms. The van der Waals surface area contributed by atoms with Crippen molar-refractivity contribution in [3.05, 3.63) is 60.2 Å². The summed E-state index contributed by atoms with van der Waals surface area (Å²) in [6.45, 7) is 5.49. The lowest BCUT2D eigenvalue weighted by Gasteiger charge is -2.21. The zero-order chi connectivity index (χ0) is 14.9. The molecule has 0 heterocycles. The van der Waals surface area contributed by atoms with Gasteiger partial charge in [0.2, 0.25) is 0 Å². The topological polar surface area (TPSA) is 29.3 Å². The normalized spacial score (nSPS) is 11.0. The first-order valence-corrected chi connectivity index (χ1v) is 8.51. The number of nitrogens with two attached hydrogens (primary N) is 1. The van der Waals surface area contributed by atoms with E-state index in [-0.39, 0.29) is 0 Å². The molecule has 2 rings (SSSR count). The highest BCUT2D eigenvalue weighted by Gasteiger charge is 2.05. The molecule has 2 aromatic rings. The van der Waals surface area contributed by atoms with Crippen molar-refractivity contribution >= 4 is 17.4 Å². The average molecular weight is 300 g/mol. The Balaban J connectivity index is 1.82. The molecule has 0 fully saturated rings. The molecule has 3 heteroatoms. The summed E-state index contributed by atoms with van der Waals surface area (Å²) >= 11 is 1.93. The number of thioether (sulfide) groups is 1. The second kappa shape index (κ2) is 8.75. The highest BCUT2D eigenvalue weighted by molar-refractivity contribution is 7.99. The van der Waals surface area contributed by atoms with E-state index in [2.05, 4.69) is 54.3 Å². The minimum atomic E-state index is 0.834. The Morgan fingerprint density at radius 1 is 0.952 bits per heavy atom.